The Hall–Kier alpha value is -2.90. The van der Waals surface area contributed by atoms with Crippen LogP contribution in [0.3, 0.4) is 0 Å². The van der Waals surface area contributed by atoms with Crippen molar-refractivity contribution in [3.05, 3.63) is 41.9 Å². The molecule has 0 N–H and O–H groups in total. The van der Waals surface area contributed by atoms with E-state index in [9.17, 15) is 9.59 Å². The van der Waals surface area contributed by atoms with Gasteiger partial charge in [0.05, 0.1) is 5.69 Å². The molecule has 0 saturated carbocycles. The lowest BCUT2D eigenvalue weighted by Gasteiger charge is -2.36. The lowest BCUT2D eigenvalue weighted by atomic mass is 9.93. The fourth-order valence-electron chi connectivity index (χ4n) is 4.80. The molecule has 8 nitrogen and oxygen atoms in total. The predicted octanol–water partition coefficient (Wildman–Crippen LogP) is 2.26. The van der Waals surface area contributed by atoms with E-state index in [4.69, 9.17) is 0 Å². The first-order valence-electron chi connectivity index (χ1n) is 11.7. The molecule has 172 valence electrons. The van der Waals surface area contributed by atoms with Gasteiger partial charge in [0.15, 0.2) is 0 Å². The minimum atomic E-state index is 0.123. The van der Waals surface area contributed by atoms with Crippen LogP contribution in [0.4, 0.5) is 5.82 Å². The number of anilines is 1. The molecular formula is C24H34N6O2. The Labute approximate surface area is 190 Å². The van der Waals surface area contributed by atoms with E-state index in [2.05, 4.69) is 15.0 Å². The van der Waals surface area contributed by atoms with Gasteiger partial charge in [-0.25, -0.2) is 4.98 Å². The van der Waals surface area contributed by atoms with E-state index in [0.717, 1.165) is 75.7 Å². The van der Waals surface area contributed by atoms with Crippen molar-refractivity contribution < 1.29 is 9.59 Å². The number of carbonyl (C=O) groups is 2. The van der Waals surface area contributed by atoms with Gasteiger partial charge in [0.2, 0.25) is 11.8 Å². The van der Waals surface area contributed by atoms with Crippen LogP contribution in [0.15, 0.2) is 30.5 Å². The fraction of sp³-hybridized carbons (Fsp3) is 0.583. The third-order valence-electron chi connectivity index (χ3n) is 6.63. The highest BCUT2D eigenvalue weighted by Crippen LogP contribution is 2.22. The summed E-state index contributed by atoms with van der Waals surface area (Å²) >= 11 is 0. The summed E-state index contributed by atoms with van der Waals surface area (Å²) in [5, 5.41) is 4.41. The second kappa shape index (κ2) is 10.1. The van der Waals surface area contributed by atoms with Gasteiger partial charge >= 0.3 is 0 Å². The molecule has 32 heavy (non-hydrogen) atoms. The van der Waals surface area contributed by atoms with Crippen molar-refractivity contribution >= 4 is 17.6 Å². The molecule has 2 amide bonds. The van der Waals surface area contributed by atoms with Crippen LogP contribution in [0, 0.1) is 19.8 Å². The molecule has 8 heteroatoms. The maximum absolute atomic E-state index is 12.8. The summed E-state index contributed by atoms with van der Waals surface area (Å²) in [5.41, 5.74) is 1.95. The first-order valence-corrected chi connectivity index (χ1v) is 11.7. The lowest BCUT2D eigenvalue weighted by Crippen LogP contribution is -2.49. The zero-order valence-corrected chi connectivity index (χ0v) is 19.2. The highest BCUT2D eigenvalue weighted by atomic mass is 16.2. The minimum absolute atomic E-state index is 0.123. The number of piperazine rings is 1. The summed E-state index contributed by atoms with van der Waals surface area (Å²) in [7, 11) is 0. The summed E-state index contributed by atoms with van der Waals surface area (Å²) < 4.78 is 1.79. The molecule has 0 radical (unpaired) electrons. The van der Waals surface area contributed by atoms with Crippen molar-refractivity contribution in [3.8, 4) is 0 Å². The Morgan fingerprint density at radius 2 is 1.84 bits per heavy atom. The molecule has 0 unspecified atom stereocenters. The van der Waals surface area contributed by atoms with Crippen LogP contribution in [0.1, 0.15) is 37.1 Å². The van der Waals surface area contributed by atoms with Crippen LogP contribution >= 0.6 is 0 Å². The number of amides is 2. The number of nitrogens with zero attached hydrogens (tertiary/aromatic N) is 6. The van der Waals surface area contributed by atoms with Crippen molar-refractivity contribution in [1.82, 2.24) is 24.6 Å². The molecule has 2 aliphatic rings. The summed E-state index contributed by atoms with van der Waals surface area (Å²) in [5.74, 6) is 1.73. The van der Waals surface area contributed by atoms with Gasteiger partial charge in [-0.15, -0.1) is 0 Å². The molecule has 0 spiro atoms. The highest BCUT2D eigenvalue weighted by molar-refractivity contribution is 5.77. The first kappa shape index (κ1) is 22.3. The molecule has 4 rings (SSSR count). The van der Waals surface area contributed by atoms with Gasteiger partial charge in [0.1, 0.15) is 12.4 Å². The first-order chi connectivity index (χ1) is 15.5. The van der Waals surface area contributed by atoms with Crippen molar-refractivity contribution in [2.24, 2.45) is 5.92 Å². The number of hydrogen-bond acceptors (Lipinski definition) is 5. The average molecular weight is 439 g/mol. The van der Waals surface area contributed by atoms with E-state index in [1.807, 2.05) is 54.1 Å². The fourth-order valence-corrected chi connectivity index (χ4v) is 4.80. The topological polar surface area (TPSA) is 74.6 Å². The Morgan fingerprint density at radius 1 is 1.03 bits per heavy atom. The molecule has 2 fully saturated rings. The molecule has 0 aromatic carbocycles. The quantitative estimate of drug-likeness (QED) is 0.692. The largest absolute Gasteiger partial charge is 0.353 e. The number of aromatic nitrogens is 3. The van der Waals surface area contributed by atoms with Crippen LogP contribution in [-0.2, 0) is 16.1 Å². The smallest absolute Gasteiger partial charge is 0.244 e. The normalized spacial score (nSPS) is 19.3. The van der Waals surface area contributed by atoms with Gasteiger partial charge in [0.25, 0.3) is 0 Å². The number of carbonyl (C=O) groups excluding carboxylic acids is 2. The third-order valence-corrected chi connectivity index (χ3v) is 6.63. The lowest BCUT2D eigenvalue weighted by molar-refractivity contribution is -0.134. The van der Waals surface area contributed by atoms with E-state index in [1.54, 1.807) is 4.68 Å². The molecule has 2 aliphatic heterocycles. The monoisotopic (exact) mass is 438 g/mol. The number of rotatable bonds is 6. The van der Waals surface area contributed by atoms with Crippen molar-refractivity contribution in [2.45, 2.75) is 46.1 Å². The van der Waals surface area contributed by atoms with Gasteiger partial charge in [0, 0.05) is 57.6 Å². The number of piperidine rings is 1. The highest BCUT2D eigenvalue weighted by Gasteiger charge is 2.26. The van der Waals surface area contributed by atoms with E-state index < -0.39 is 0 Å². The molecule has 4 heterocycles. The molecule has 0 bridgehead atoms. The molecule has 2 aromatic rings. The van der Waals surface area contributed by atoms with E-state index in [-0.39, 0.29) is 11.8 Å². The van der Waals surface area contributed by atoms with E-state index in [1.165, 1.54) is 0 Å². The summed E-state index contributed by atoms with van der Waals surface area (Å²) in [6.07, 6.45) is 5.31. The summed E-state index contributed by atoms with van der Waals surface area (Å²) in [6.45, 7) is 8.90. The molecule has 2 aromatic heterocycles. The molecule has 0 aliphatic carbocycles. The Bertz CT molecular complexity index is 920. The van der Waals surface area contributed by atoms with E-state index in [0.29, 0.717) is 18.9 Å². The Morgan fingerprint density at radius 3 is 2.53 bits per heavy atom. The molecule has 2 saturated heterocycles. The number of likely N-dealkylation sites (tertiary alicyclic amines) is 1. The number of hydrogen-bond donors (Lipinski definition) is 0. The van der Waals surface area contributed by atoms with Crippen LogP contribution < -0.4 is 4.90 Å². The predicted molar refractivity (Wildman–Crippen MR) is 123 cm³/mol. The van der Waals surface area contributed by atoms with Crippen LogP contribution in [0.2, 0.25) is 0 Å². The van der Waals surface area contributed by atoms with Crippen molar-refractivity contribution in [3.63, 3.8) is 0 Å². The summed E-state index contributed by atoms with van der Waals surface area (Å²) in [6, 6.07) is 7.93. The van der Waals surface area contributed by atoms with Crippen LogP contribution in [0.5, 0.6) is 0 Å². The Balaban J connectivity index is 1.21. The van der Waals surface area contributed by atoms with Gasteiger partial charge < -0.3 is 14.7 Å². The zero-order valence-electron chi connectivity index (χ0n) is 19.2. The van der Waals surface area contributed by atoms with Gasteiger partial charge in [-0.1, -0.05) is 6.07 Å². The SMILES string of the molecule is Cc1cc(C)n(CC(=O)N2CCC[C@@H](CCC(=O)N3CCN(c4ccccn4)CC3)C2)n1. The van der Waals surface area contributed by atoms with E-state index >= 15 is 0 Å². The van der Waals surface area contributed by atoms with Crippen LogP contribution in [-0.4, -0.2) is 75.6 Å². The molecule has 1 atom stereocenters. The van der Waals surface area contributed by atoms with Crippen LogP contribution in [0.25, 0.3) is 0 Å². The van der Waals surface area contributed by atoms with Gasteiger partial charge in [-0.3, -0.25) is 14.3 Å². The van der Waals surface area contributed by atoms with Crippen molar-refractivity contribution in [2.75, 3.05) is 44.2 Å². The zero-order chi connectivity index (χ0) is 22.5. The van der Waals surface area contributed by atoms with Gasteiger partial charge in [-0.05, 0) is 57.2 Å². The van der Waals surface area contributed by atoms with Gasteiger partial charge in [-0.2, -0.15) is 5.10 Å². The maximum Gasteiger partial charge on any atom is 0.244 e. The molecular weight excluding hydrogens is 404 g/mol. The minimum Gasteiger partial charge on any atom is -0.353 e. The second-order valence-electron chi connectivity index (χ2n) is 9.03. The maximum atomic E-state index is 12.8. The number of pyridine rings is 1. The average Bonchev–Trinajstić information content (AvgIpc) is 3.14. The second-order valence-corrected chi connectivity index (χ2v) is 9.03. The third kappa shape index (κ3) is 5.47. The Kier molecular flexibility index (Phi) is 7.07. The standard InChI is InChI=1S/C24H34N6O2/c1-19-16-20(2)30(26-19)18-24(32)29-11-5-6-21(17-29)8-9-23(31)28-14-12-27(13-15-28)22-7-3-4-10-25-22/h3-4,7,10,16,21H,5-6,8-9,11-15,17-18H2,1-2H3/t21-/m0/s1. The summed E-state index contributed by atoms with van der Waals surface area (Å²) in [4.78, 5) is 36.1. The number of aryl methyl sites for hydroxylation is 2. The van der Waals surface area contributed by atoms with Crippen molar-refractivity contribution in [1.29, 1.82) is 0 Å².